The molecule has 0 unspecified atom stereocenters. The van der Waals surface area contributed by atoms with E-state index >= 15 is 0 Å². The summed E-state index contributed by atoms with van der Waals surface area (Å²) in [5.74, 6) is 0.00543. The molecule has 6 nitrogen and oxygen atoms in total. The number of nitrogens with two attached hydrogens (primary N) is 2. The van der Waals surface area contributed by atoms with Crippen LogP contribution in [0.25, 0.3) is 0 Å². The number of nitrogens with zero attached hydrogens (tertiary/aromatic N) is 1. The lowest BCUT2D eigenvalue weighted by atomic mass is 10.1. The van der Waals surface area contributed by atoms with Crippen LogP contribution in [0.5, 0.6) is 0 Å². The Balaban J connectivity index is 2.25. The number of halogens is 1. The van der Waals surface area contributed by atoms with Crippen LogP contribution >= 0.6 is 15.9 Å². The quantitative estimate of drug-likeness (QED) is 0.772. The van der Waals surface area contributed by atoms with Crippen LogP contribution in [0.1, 0.15) is 5.56 Å². The smallest absolute Gasteiger partial charge is 0.330 e. The molecule has 2 aromatic rings. The number of rotatable bonds is 3. The minimum Gasteiger partial charge on any atom is -0.391 e. The number of hydrogen-bond donors (Lipinski definition) is 3. The third-order valence-electron chi connectivity index (χ3n) is 2.81. The molecule has 7 heteroatoms. The molecular formula is C12H13BrN4O2. The highest BCUT2D eigenvalue weighted by atomic mass is 79.9. The zero-order valence-corrected chi connectivity index (χ0v) is 11.6. The lowest BCUT2D eigenvalue weighted by Gasteiger charge is -2.10. The second-order valence-electron chi connectivity index (χ2n) is 4.09. The summed E-state index contributed by atoms with van der Waals surface area (Å²) in [5, 5.41) is 0. The Kier molecular flexibility index (Phi) is 3.75. The molecule has 0 saturated heterocycles. The average molecular weight is 325 g/mol. The molecule has 0 saturated carbocycles. The molecule has 0 aliphatic rings. The lowest BCUT2D eigenvalue weighted by Crippen LogP contribution is -2.34. The molecule has 100 valence electrons. The molecular weight excluding hydrogens is 312 g/mol. The lowest BCUT2D eigenvalue weighted by molar-refractivity contribution is 0.657. The van der Waals surface area contributed by atoms with Crippen molar-refractivity contribution < 1.29 is 0 Å². The molecule has 0 amide bonds. The van der Waals surface area contributed by atoms with Crippen LogP contribution in [0.15, 0.2) is 38.3 Å². The third kappa shape index (κ3) is 2.87. The van der Waals surface area contributed by atoms with Crippen molar-refractivity contribution in [3.63, 3.8) is 0 Å². The number of hydrogen-bond acceptors (Lipinski definition) is 4. The van der Waals surface area contributed by atoms with Crippen LogP contribution in [0.3, 0.4) is 0 Å². The van der Waals surface area contributed by atoms with Gasteiger partial charge in [0, 0.05) is 11.0 Å². The van der Waals surface area contributed by atoms with Gasteiger partial charge in [-0.2, -0.15) is 0 Å². The van der Waals surface area contributed by atoms with Crippen LogP contribution < -0.4 is 22.7 Å². The van der Waals surface area contributed by atoms with Gasteiger partial charge in [0.05, 0.1) is 0 Å². The van der Waals surface area contributed by atoms with E-state index in [-0.39, 0.29) is 11.5 Å². The van der Waals surface area contributed by atoms with Gasteiger partial charge in [-0.05, 0) is 24.1 Å². The summed E-state index contributed by atoms with van der Waals surface area (Å²) in [6, 6.07) is 7.73. The van der Waals surface area contributed by atoms with E-state index in [2.05, 4.69) is 20.9 Å². The van der Waals surface area contributed by atoms with Crippen molar-refractivity contribution in [2.24, 2.45) is 0 Å². The van der Waals surface area contributed by atoms with Gasteiger partial charge in [0.1, 0.15) is 11.5 Å². The molecule has 0 aliphatic heterocycles. The van der Waals surface area contributed by atoms with Crippen molar-refractivity contribution in [2.75, 3.05) is 11.5 Å². The van der Waals surface area contributed by atoms with Crippen molar-refractivity contribution >= 4 is 27.4 Å². The van der Waals surface area contributed by atoms with Crippen LogP contribution in [-0.2, 0) is 13.0 Å². The minimum absolute atomic E-state index is 0.00543. The second-order valence-corrected chi connectivity index (χ2v) is 5.00. The van der Waals surface area contributed by atoms with Crippen LogP contribution in [-0.4, -0.2) is 9.55 Å². The Morgan fingerprint density at radius 3 is 2.42 bits per heavy atom. The molecule has 1 heterocycles. The highest BCUT2D eigenvalue weighted by molar-refractivity contribution is 9.10. The first-order valence-electron chi connectivity index (χ1n) is 5.61. The first-order chi connectivity index (χ1) is 8.99. The van der Waals surface area contributed by atoms with E-state index in [1.165, 1.54) is 4.57 Å². The van der Waals surface area contributed by atoms with E-state index in [1.807, 2.05) is 24.3 Å². The number of aryl methyl sites for hydroxylation is 1. The van der Waals surface area contributed by atoms with Crippen molar-refractivity contribution in [3.8, 4) is 0 Å². The predicted octanol–water partition coefficient (Wildman–Crippen LogP) is 0.706. The summed E-state index contributed by atoms with van der Waals surface area (Å²) in [5.41, 5.74) is 10.9. The van der Waals surface area contributed by atoms with Crippen LogP contribution in [0, 0.1) is 0 Å². The van der Waals surface area contributed by atoms with Gasteiger partial charge >= 0.3 is 5.69 Å². The van der Waals surface area contributed by atoms with E-state index in [4.69, 9.17) is 11.5 Å². The molecule has 5 N–H and O–H groups in total. The second kappa shape index (κ2) is 5.31. The van der Waals surface area contributed by atoms with Gasteiger partial charge < -0.3 is 11.5 Å². The summed E-state index contributed by atoms with van der Waals surface area (Å²) in [6.45, 7) is 0.354. The van der Waals surface area contributed by atoms with Gasteiger partial charge in [-0.3, -0.25) is 14.3 Å². The molecule has 2 rings (SSSR count). The maximum absolute atomic E-state index is 11.7. The normalized spacial score (nSPS) is 10.6. The summed E-state index contributed by atoms with van der Waals surface area (Å²) in [4.78, 5) is 25.0. The van der Waals surface area contributed by atoms with Crippen molar-refractivity contribution in [3.05, 3.63) is 55.1 Å². The summed E-state index contributed by atoms with van der Waals surface area (Å²) in [6.07, 6.45) is 0.614. The summed E-state index contributed by atoms with van der Waals surface area (Å²) < 4.78 is 2.25. The van der Waals surface area contributed by atoms with E-state index < -0.39 is 11.2 Å². The number of nitrogen functional groups attached to an aromatic ring is 2. The highest BCUT2D eigenvalue weighted by Gasteiger charge is 2.08. The SMILES string of the molecule is Nc1c(N)n(CCc2ccc(Br)cc2)c(=O)[nH]c1=O. The maximum Gasteiger partial charge on any atom is 0.330 e. The zero-order chi connectivity index (χ0) is 14.0. The summed E-state index contributed by atoms with van der Waals surface area (Å²) >= 11 is 3.35. The Labute approximate surface area is 117 Å². The van der Waals surface area contributed by atoms with Crippen molar-refractivity contribution in [1.82, 2.24) is 9.55 Å². The Hall–Kier alpha value is -2.02. The molecule has 0 radical (unpaired) electrons. The van der Waals surface area contributed by atoms with E-state index in [9.17, 15) is 9.59 Å². The fourth-order valence-electron chi connectivity index (χ4n) is 1.72. The van der Waals surface area contributed by atoms with Gasteiger partial charge in [0.25, 0.3) is 5.56 Å². The monoisotopic (exact) mass is 324 g/mol. The van der Waals surface area contributed by atoms with E-state index in [1.54, 1.807) is 0 Å². The van der Waals surface area contributed by atoms with E-state index in [0.717, 1.165) is 10.0 Å². The molecule has 0 aliphatic carbocycles. The standard InChI is InChI=1S/C12H13BrN4O2/c13-8-3-1-7(2-4-8)5-6-17-10(15)9(14)11(18)16-12(17)19/h1-4H,5-6,14-15H2,(H,16,18,19). The molecule has 0 atom stereocenters. The minimum atomic E-state index is -0.651. The molecule has 1 aromatic heterocycles. The molecule has 0 spiro atoms. The first-order valence-corrected chi connectivity index (χ1v) is 6.41. The van der Waals surface area contributed by atoms with Crippen LogP contribution in [0.2, 0.25) is 0 Å². The molecule has 0 bridgehead atoms. The fourth-order valence-corrected chi connectivity index (χ4v) is 1.98. The summed E-state index contributed by atoms with van der Waals surface area (Å²) in [7, 11) is 0. The number of aromatic nitrogens is 2. The number of H-pyrrole nitrogens is 1. The van der Waals surface area contributed by atoms with Gasteiger partial charge in [-0.15, -0.1) is 0 Å². The van der Waals surface area contributed by atoms with Gasteiger partial charge in [-0.1, -0.05) is 28.1 Å². The fraction of sp³-hybridized carbons (Fsp3) is 0.167. The predicted molar refractivity (Wildman–Crippen MR) is 78.0 cm³/mol. The van der Waals surface area contributed by atoms with Gasteiger partial charge in [0.2, 0.25) is 0 Å². The number of nitrogens with one attached hydrogen (secondary N) is 1. The van der Waals surface area contributed by atoms with E-state index in [0.29, 0.717) is 13.0 Å². The topological polar surface area (TPSA) is 107 Å². The third-order valence-corrected chi connectivity index (χ3v) is 3.34. The van der Waals surface area contributed by atoms with Crippen molar-refractivity contribution in [1.29, 1.82) is 0 Å². The van der Waals surface area contributed by atoms with Gasteiger partial charge in [0.15, 0.2) is 0 Å². The average Bonchev–Trinajstić information content (AvgIpc) is 2.38. The largest absolute Gasteiger partial charge is 0.391 e. The number of benzene rings is 1. The molecule has 1 aromatic carbocycles. The van der Waals surface area contributed by atoms with Crippen molar-refractivity contribution in [2.45, 2.75) is 13.0 Å². The maximum atomic E-state index is 11.7. The Bertz CT molecular complexity index is 703. The molecule has 0 fully saturated rings. The number of aromatic amines is 1. The Morgan fingerprint density at radius 2 is 1.79 bits per heavy atom. The highest BCUT2D eigenvalue weighted by Crippen LogP contribution is 2.12. The van der Waals surface area contributed by atoms with Gasteiger partial charge in [-0.25, -0.2) is 4.79 Å². The van der Waals surface area contributed by atoms with Crippen LogP contribution in [0.4, 0.5) is 11.5 Å². The molecule has 19 heavy (non-hydrogen) atoms. The zero-order valence-electron chi connectivity index (χ0n) is 10.0. The first kappa shape index (κ1) is 13.4. The number of anilines is 2. The Morgan fingerprint density at radius 1 is 1.16 bits per heavy atom.